The van der Waals surface area contributed by atoms with Crippen LogP contribution in [0.15, 0.2) is 30.2 Å². The second-order valence-corrected chi connectivity index (χ2v) is 7.36. The highest BCUT2D eigenvalue weighted by atomic mass is 127. The van der Waals surface area contributed by atoms with E-state index in [2.05, 4.69) is 44.1 Å². The van der Waals surface area contributed by atoms with Crippen LogP contribution >= 0.6 is 22.6 Å². The fourth-order valence-electron chi connectivity index (χ4n) is 2.91. The molecule has 1 N–H and O–H groups in total. The molecule has 8 nitrogen and oxygen atoms in total. The van der Waals surface area contributed by atoms with Crippen LogP contribution in [0.1, 0.15) is 12.6 Å². The van der Waals surface area contributed by atoms with Crippen LogP contribution in [0.5, 0.6) is 0 Å². The third-order valence-electron chi connectivity index (χ3n) is 4.05. The van der Waals surface area contributed by atoms with Crippen molar-refractivity contribution in [3.05, 3.63) is 28.7 Å². The van der Waals surface area contributed by atoms with E-state index in [9.17, 15) is 5.11 Å². The predicted molar refractivity (Wildman–Crippen MR) is 108 cm³/mol. The Morgan fingerprint density at radius 2 is 2.35 bits per heavy atom. The van der Waals surface area contributed by atoms with E-state index < -0.39 is 0 Å². The number of aliphatic imine (C=N–C) groups is 1. The molecule has 140 valence electrons. The van der Waals surface area contributed by atoms with Crippen molar-refractivity contribution in [2.75, 3.05) is 27.3 Å². The van der Waals surface area contributed by atoms with Crippen LogP contribution in [0.25, 0.3) is 11.0 Å². The van der Waals surface area contributed by atoms with Crippen molar-refractivity contribution in [2.24, 2.45) is 4.99 Å². The molecule has 0 bridgehead atoms. The quantitative estimate of drug-likeness (QED) is 0.288. The lowest BCUT2D eigenvalue weighted by Gasteiger charge is -2.15. The summed E-state index contributed by atoms with van der Waals surface area (Å²) in [5, 5.41) is 10.5. The van der Waals surface area contributed by atoms with E-state index in [1.54, 1.807) is 12.4 Å². The van der Waals surface area contributed by atoms with Gasteiger partial charge in [-0.05, 0) is 22.6 Å². The molecule has 3 heterocycles. The van der Waals surface area contributed by atoms with Crippen molar-refractivity contribution in [1.29, 1.82) is 0 Å². The summed E-state index contributed by atoms with van der Waals surface area (Å²) in [7, 11) is 3.81. The fourth-order valence-corrected chi connectivity index (χ4v) is 3.70. The first-order valence-corrected chi connectivity index (χ1v) is 9.33. The minimum Gasteiger partial charge on any atom is -0.394 e. The maximum atomic E-state index is 9.59. The number of hydrogen-bond acceptors (Lipinski definition) is 6. The summed E-state index contributed by atoms with van der Waals surface area (Å²) in [4.78, 5) is 15.0. The number of rotatable bonds is 7. The third kappa shape index (κ3) is 3.90. The van der Waals surface area contributed by atoms with E-state index in [0.717, 1.165) is 14.6 Å². The molecule has 1 aliphatic rings. The van der Waals surface area contributed by atoms with Gasteiger partial charge >= 0.3 is 0 Å². The zero-order valence-electron chi connectivity index (χ0n) is 14.7. The van der Waals surface area contributed by atoms with Crippen molar-refractivity contribution < 1.29 is 14.6 Å². The molecule has 2 aromatic rings. The maximum Gasteiger partial charge on any atom is 0.167 e. The highest BCUT2D eigenvalue weighted by Crippen LogP contribution is 2.36. The molecule has 26 heavy (non-hydrogen) atoms. The van der Waals surface area contributed by atoms with E-state index in [0.29, 0.717) is 18.8 Å². The molecule has 2 aromatic heterocycles. The van der Waals surface area contributed by atoms with Gasteiger partial charge in [-0.3, -0.25) is 0 Å². The van der Waals surface area contributed by atoms with Gasteiger partial charge in [0.1, 0.15) is 24.3 Å². The lowest BCUT2D eigenvalue weighted by atomic mass is 10.2. The third-order valence-corrected chi connectivity index (χ3v) is 4.87. The first-order valence-electron chi connectivity index (χ1n) is 8.25. The Balaban J connectivity index is 1.94. The molecule has 1 saturated heterocycles. The first kappa shape index (κ1) is 19.2. The maximum absolute atomic E-state index is 9.59. The van der Waals surface area contributed by atoms with Gasteiger partial charge in [-0.15, -0.1) is 6.58 Å². The number of aliphatic hydroxyl groups is 1. The van der Waals surface area contributed by atoms with Crippen LogP contribution in [0.4, 0.5) is 5.82 Å². The second kappa shape index (κ2) is 8.42. The number of ether oxygens (including phenoxy) is 2. The summed E-state index contributed by atoms with van der Waals surface area (Å²) < 4.78 is 14.7. The largest absolute Gasteiger partial charge is 0.394 e. The zero-order chi connectivity index (χ0) is 18.7. The number of halogens is 1. The Hall–Kier alpha value is -1.56. The van der Waals surface area contributed by atoms with Gasteiger partial charge in [-0.2, -0.15) is 0 Å². The Morgan fingerprint density at radius 1 is 1.54 bits per heavy atom. The van der Waals surface area contributed by atoms with Crippen LogP contribution in [0.3, 0.4) is 0 Å². The van der Waals surface area contributed by atoms with E-state index in [4.69, 9.17) is 9.47 Å². The molecule has 0 spiro atoms. The van der Waals surface area contributed by atoms with Gasteiger partial charge < -0.3 is 24.0 Å². The van der Waals surface area contributed by atoms with Crippen molar-refractivity contribution in [3.8, 4) is 0 Å². The molecule has 1 fully saturated rings. The number of nitrogens with zero attached hydrogens (tertiary/aromatic N) is 5. The van der Waals surface area contributed by atoms with Crippen molar-refractivity contribution in [3.63, 3.8) is 0 Å². The standard InChI is InChI=1S/C17H22IN5O3/c1-4-5-25-12-6-14(26-13(12)8-24)23-7-11(18)15-16(21-10-22(2)3)19-9-20-17(15)23/h4,7,9-10,12-14,24H,1,5-6,8H2,2-3H3. The Bertz CT molecular complexity index is 807. The van der Waals surface area contributed by atoms with E-state index >= 15 is 0 Å². The molecule has 0 radical (unpaired) electrons. The van der Waals surface area contributed by atoms with Crippen LogP contribution in [-0.2, 0) is 9.47 Å². The minimum atomic E-state index is -0.372. The van der Waals surface area contributed by atoms with Gasteiger partial charge in [0.2, 0.25) is 0 Å². The number of hydrogen-bond donors (Lipinski definition) is 1. The molecule has 3 unspecified atom stereocenters. The lowest BCUT2D eigenvalue weighted by molar-refractivity contribution is -0.0560. The lowest BCUT2D eigenvalue weighted by Crippen LogP contribution is -2.27. The van der Waals surface area contributed by atoms with Crippen LogP contribution in [0, 0.1) is 3.57 Å². The summed E-state index contributed by atoms with van der Waals surface area (Å²) in [6, 6.07) is 0. The molecule has 0 aromatic carbocycles. The molecule has 0 amide bonds. The minimum absolute atomic E-state index is 0.0953. The highest BCUT2D eigenvalue weighted by Gasteiger charge is 2.37. The van der Waals surface area contributed by atoms with Crippen molar-refractivity contribution in [2.45, 2.75) is 24.9 Å². The van der Waals surface area contributed by atoms with Gasteiger partial charge in [0.15, 0.2) is 5.82 Å². The number of fused-ring (bicyclic) bond motifs is 1. The van der Waals surface area contributed by atoms with Crippen LogP contribution in [-0.4, -0.2) is 70.4 Å². The summed E-state index contributed by atoms with van der Waals surface area (Å²) in [6.45, 7) is 3.99. The predicted octanol–water partition coefficient (Wildman–Crippen LogP) is 2.11. The highest BCUT2D eigenvalue weighted by molar-refractivity contribution is 14.1. The normalized spacial score (nSPS) is 23.2. The SMILES string of the molecule is C=CCOC1CC(n2cc(I)c3c(N=CN(C)C)ncnc32)OC1CO. The van der Waals surface area contributed by atoms with Gasteiger partial charge in [-0.25, -0.2) is 15.0 Å². The molecule has 9 heteroatoms. The van der Waals surface area contributed by atoms with Crippen molar-refractivity contribution in [1.82, 2.24) is 19.4 Å². The monoisotopic (exact) mass is 471 g/mol. The summed E-state index contributed by atoms with van der Waals surface area (Å²) in [5.41, 5.74) is 0.751. The summed E-state index contributed by atoms with van der Waals surface area (Å²) in [6.07, 6.45) is 6.67. The van der Waals surface area contributed by atoms with Gasteiger partial charge in [0.05, 0.1) is 31.0 Å². The Labute approximate surface area is 165 Å². The summed E-state index contributed by atoms with van der Waals surface area (Å²) in [5.74, 6) is 0.614. The second-order valence-electron chi connectivity index (χ2n) is 6.20. The topological polar surface area (TPSA) is 85.0 Å². The number of aromatic nitrogens is 3. The first-order chi connectivity index (χ1) is 12.5. The van der Waals surface area contributed by atoms with Gasteiger partial charge in [-0.1, -0.05) is 6.08 Å². The van der Waals surface area contributed by atoms with Gasteiger partial charge in [0.25, 0.3) is 0 Å². The Morgan fingerprint density at radius 3 is 3.04 bits per heavy atom. The molecule has 3 rings (SSSR count). The smallest absolute Gasteiger partial charge is 0.167 e. The molecule has 1 aliphatic heterocycles. The van der Waals surface area contributed by atoms with Crippen LogP contribution < -0.4 is 0 Å². The Kier molecular flexibility index (Phi) is 6.22. The molecule has 0 aliphatic carbocycles. The molecule has 3 atom stereocenters. The molecular formula is C17H22IN5O3. The fraction of sp³-hybridized carbons (Fsp3) is 0.471. The number of aliphatic hydroxyl groups excluding tert-OH is 1. The van der Waals surface area contributed by atoms with E-state index in [-0.39, 0.29) is 25.0 Å². The zero-order valence-corrected chi connectivity index (χ0v) is 16.9. The average Bonchev–Trinajstić information content (AvgIpc) is 3.19. The van der Waals surface area contributed by atoms with Gasteiger partial charge in [0, 0.05) is 30.3 Å². The van der Waals surface area contributed by atoms with Crippen LogP contribution in [0.2, 0.25) is 0 Å². The van der Waals surface area contributed by atoms with E-state index in [1.165, 1.54) is 6.33 Å². The van der Waals surface area contributed by atoms with E-state index in [1.807, 2.05) is 29.8 Å². The molecule has 0 saturated carbocycles. The summed E-state index contributed by atoms with van der Waals surface area (Å²) >= 11 is 2.25. The van der Waals surface area contributed by atoms with Crippen molar-refractivity contribution >= 4 is 45.8 Å². The average molecular weight is 471 g/mol. The molecular weight excluding hydrogens is 449 g/mol.